The Morgan fingerprint density at radius 2 is 1.00 bits per heavy atom. The molecule has 2 atom stereocenters. The first-order valence-corrected chi connectivity index (χ1v) is 5.44. The average molecular weight is 392 g/mol. The number of carboxylic acids is 4. The summed E-state index contributed by atoms with van der Waals surface area (Å²) in [6, 6.07) is -2.34. The summed E-state index contributed by atoms with van der Waals surface area (Å²) in [6.45, 7) is 0. The van der Waals surface area contributed by atoms with E-state index in [0.29, 0.717) is 0 Å². The van der Waals surface area contributed by atoms with Gasteiger partial charge in [-0.1, -0.05) is 0 Å². The fourth-order valence-electron chi connectivity index (χ4n) is 0.794. The molecule has 0 aromatic heterocycles. The van der Waals surface area contributed by atoms with Crippen molar-refractivity contribution in [3.63, 3.8) is 0 Å². The van der Waals surface area contributed by atoms with Gasteiger partial charge in [-0.15, -0.1) is 0 Å². The average Bonchev–Trinajstić information content (AvgIpc) is 2.33. The molecule has 1 radical (unpaired) electrons. The Hall–Kier alpha value is -1.76. The SMILES string of the molecule is N[C@@H](CCC(=O)O)C(=O)[O-].N[C@@H](CCC(=O)O)C(=O)[O-].O.O.[Cu+2]. The van der Waals surface area contributed by atoms with Crippen LogP contribution in [0, 0.1) is 0 Å². The summed E-state index contributed by atoms with van der Waals surface area (Å²) in [5.74, 6) is -4.95. The minimum atomic E-state index is -1.42. The first-order chi connectivity index (χ1) is 9.07. The van der Waals surface area contributed by atoms with Crippen LogP contribution in [0.25, 0.3) is 0 Å². The van der Waals surface area contributed by atoms with Crippen LogP contribution in [0.4, 0.5) is 0 Å². The summed E-state index contributed by atoms with van der Waals surface area (Å²) in [5.41, 5.74) is 9.88. The molecule has 0 fully saturated rings. The molecule has 13 heteroatoms. The molecule has 0 aromatic carbocycles. The van der Waals surface area contributed by atoms with Gasteiger partial charge in [0.1, 0.15) is 0 Å². The van der Waals surface area contributed by atoms with Gasteiger partial charge in [-0.25, -0.2) is 0 Å². The first-order valence-electron chi connectivity index (χ1n) is 5.44. The maximum absolute atomic E-state index is 9.88. The predicted molar refractivity (Wildman–Crippen MR) is 66.9 cm³/mol. The maximum Gasteiger partial charge on any atom is 2.00 e. The van der Waals surface area contributed by atoms with Crippen molar-refractivity contribution in [1.29, 1.82) is 0 Å². The molecule has 0 saturated heterocycles. The van der Waals surface area contributed by atoms with Crippen LogP contribution in [0.3, 0.4) is 0 Å². The third kappa shape index (κ3) is 25.5. The number of hydrogen-bond acceptors (Lipinski definition) is 8. The van der Waals surface area contributed by atoms with Crippen LogP contribution in [-0.2, 0) is 36.2 Å². The number of aliphatic carboxylic acids is 4. The van der Waals surface area contributed by atoms with Crippen molar-refractivity contribution in [2.45, 2.75) is 37.8 Å². The van der Waals surface area contributed by atoms with Gasteiger partial charge in [-0.3, -0.25) is 9.59 Å². The number of carbonyl (C=O) groups excluding carboxylic acids is 2. The van der Waals surface area contributed by atoms with E-state index in [1.54, 1.807) is 0 Å². The van der Waals surface area contributed by atoms with E-state index in [2.05, 4.69) is 0 Å². The largest absolute Gasteiger partial charge is 2.00 e. The fourth-order valence-corrected chi connectivity index (χ4v) is 0.794. The van der Waals surface area contributed by atoms with Gasteiger partial charge in [-0.05, 0) is 12.8 Å². The summed E-state index contributed by atoms with van der Waals surface area (Å²) in [4.78, 5) is 39.5. The van der Waals surface area contributed by atoms with Gasteiger partial charge < -0.3 is 52.4 Å². The van der Waals surface area contributed by atoms with Crippen molar-refractivity contribution in [2.24, 2.45) is 11.5 Å². The van der Waals surface area contributed by atoms with Gasteiger partial charge in [0.15, 0.2) is 0 Å². The summed E-state index contributed by atoms with van der Waals surface area (Å²) in [7, 11) is 0. The Labute approximate surface area is 141 Å². The van der Waals surface area contributed by atoms with E-state index in [9.17, 15) is 29.4 Å². The Bertz CT molecular complexity index is 332. The molecular weight excluding hydrogens is 372 g/mol. The van der Waals surface area contributed by atoms with E-state index in [-0.39, 0.29) is 53.7 Å². The van der Waals surface area contributed by atoms with Crippen LogP contribution in [0.1, 0.15) is 25.7 Å². The second kappa shape index (κ2) is 18.3. The van der Waals surface area contributed by atoms with Gasteiger partial charge in [0.2, 0.25) is 0 Å². The zero-order valence-electron chi connectivity index (χ0n) is 11.8. The minimum absolute atomic E-state index is 0. The third-order valence-corrected chi connectivity index (χ3v) is 1.94. The van der Waals surface area contributed by atoms with Gasteiger partial charge in [0, 0.05) is 24.9 Å². The van der Waals surface area contributed by atoms with E-state index in [4.69, 9.17) is 21.7 Å². The molecule has 0 bridgehead atoms. The van der Waals surface area contributed by atoms with Crippen LogP contribution in [0.15, 0.2) is 0 Å². The molecule has 0 aliphatic rings. The Balaban J connectivity index is -0.0000000831. The van der Waals surface area contributed by atoms with Crippen LogP contribution in [0.2, 0.25) is 0 Å². The molecule has 23 heavy (non-hydrogen) atoms. The molecule has 141 valence electrons. The van der Waals surface area contributed by atoms with Crippen LogP contribution in [0.5, 0.6) is 0 Å². The quantitative estimate of drug-likeness (QED) is 0.284. The molecule has 0 saturated carbocycles. The number of carbonyl (C=O) groups is 4. The van der Waals surface area contributed by atoms with E-state index in [0.717, 1.165) is 0 Å². The van der Waals surface area contributed by atoms with Crippen LogP contribution < -0.4 is 21.7 Å². The standard InChI is InChI=1S/2C5H9NO4.Cu.2H2O/c2*6-3(5(9)10)1-2-4(7)8;;;/h2*3H,1-2,6H2,(H,7,8)(H,9,10);;2*1H2/q;;+2;;/p-2/t2*3-;;;/m00.../s1. The van der Waals surface area contributed by atoms with E-state index in [1.807, 2.05) is 0 Å². The Morgan fingerprint density at radius 3 is 1.13 bits per heavy atom. The maximum atomic E-state index is 9.88. The predicted octanol–water partition coefficient (Wildman–Crippen LogP) is -5.80. The molecule has 10 N–H and O–H groups in total. The number of rotatable bonds is 8. The van der Waals surface area contributed by atoms with Gasteiger partial charge in [-0.2, -0.15) is 0 Å². The second-order valence-electron chi connectivity index (χ2n) is 3.72. The first kappa shape index (κ1) is 33.0. The monoisotopic (exact) mass is 391 g/mol. The second-order valence-corrected chi connectivity index (χ2v) is 3.72. The molecule has 0 aliphatic heterocycles. The topological polar surface area (TPSA) is 270 Å². The molecule has 12 nitrogen and oxygen atoms in total. The van der Waals surface area contributed by atoms with Gasteiger partial charge in [0.05, 0.1) is 11.9 Å². The zero-order chi connectivity index (χ0) is 16.3. The zero-order valence-corrected chi connectivity index (χ0v) is 12.7. The van der Waals surface area contributed by atoms with Crippen molar-refractivity contribution in [2.75, 3.05) is 0 Å². The molecule has 0 spiro atoms. The van der Waals surface area contributed by atoms with Crippen LogP contribution in [-0.4, -0.2) is 57.1 Å². The van der Waals surface area contributed by atoms with Crippen molar-refractivity contribution >= 4 is 23.9 Å². The molecule has 0 aliphatic carbocycles. The Kier molecular flexibility index (Phi) is 26.2. The van der Waals surface area contributed by atoms with Crippen molar-refractivity contribution < 1.29 is 67.6 Å². The minimum Gasteiger partial charge on any atom is -0.548 e. The molecule has 0 aromatic rings. The molecule has 0 heterocycles. The summed E-state index contributed by atoms with van der Waals surface area (Å²) in [6.07, 6.45) is -0.653. The van der Waals surface area contributed by atoms with E-state index in [1.165, 1.54) is 0 Å². The fraction of sp³-hybridized carbons (Fsp3) is 0.600. The molecular formula is C10H20CuN2O10. The normalized spacial score (nSPS) is 10.9. The molecule has 0 unspecified atom stereocenters. The van der Waals surface area contributed by atoms with Crippen molar-refractivity contribution in [3.8, 4) is 0 Å². The number of nitrogens with two attached hydrogens (primary N) is 2. The molecule has 0 amide bonds. The number of hydrogen-bond donors (Lipinski definition) is 4. The summed E-state index contributed by atoms with van der Waals surface area (Å²) < 4.78 is 0. The smallest absolute Gasteiger partial charge is 0.548 e. The van der Waals surface area contributed by atoms with Crippen LogP contribution >= 0.6 is 0 Å². The molecule has 0 rings (SSSR count). The summed E-state index contributed by atoms with van der Waals surface area (Å²) >= 11 is 0. The Morgan fingerprint density at radius 1 is 0.783 bits per heavy atom. The van der Waals surface area contributed by atoms with Gasteiger partial charge in [0.25, 0.3) is 0 Å². The summed E-state index contributed by atoms with van der Waals surface area (Å²) in [5, 5.41) is 35.9. The van der Waals surface area contributed by atoms with Crippen molar-refractivity contribution in [3.05, 3.63) is 0 Å². The number of carboxylic acid groups (broad SMARTS) is 4. The third-order valence-electron chi connectivity index (χ3n) is 1.94. The van der Waals surface area contributed by atoms with Gasteiger partial charge >= 0.3 is 29.0 Å². The van der Waals surface area contributed by atoms with E-state index >= 15 is 0 Å². The van der Waals surface area contributed by atoms with E-state index < -0.39 is 36.0 Å². The van der Waals surface area contributed by atoms with Crippen molar-refractivity contribution in [1.82, 2.24) is 0 Å².